The number of thiophene rings is 1. The molecular formula is C13H20N2OS. The maximum absolute atomic E-state index is 12.1. The van der Waals surface area contributed by atoms with E-state index in [1.807, 2.05) is 12.3 Å². The minimum absolute atomic E-state index is 0.0140. The molecule has 1 fully saturated rings. The molecule has 2 rings (SSSR count). The molecule has 94 valence electrons. The van der Waals surface area contributed by atoms with Gasteiger partial charge in [-0.05, 0) is 54.6 Å². The molecule has 17 heavy (non-hydrogen) atoms. The molecule has 0 bridgehead atoms. The van der Waals surface area contributed by atoms with Crippen molar-refractivity contribution in [2.75, 3.05) is 6.54 Å². The van der Waals surface area contributed by atoms with Crippen molar-refractivity contribution in [3.63, 3.8) is 0 Å². The van der Waals surface area contributed by atoms with Gasteiger partial charge in [-0.2, -0.15) is 11.3 Å². The summed E-state index contributed by atoms with van der Waals surface area (Å²) in [5, 5.41) is 10.5. The first-order chi connectivity index (χ1) is 8.16. The van der Waals surface area contributed by atoms with Gasteiger partial charge in [-0.15, -0.1) is 0 Å². The van der Waals surface area contributed by atoms with Crippen LogP contribution in [0, 0.1) is 5.92 Å². The minimum atomic E-state index is -0.0140. The molecule has 2 heterocycles. The lowest BCUT2D eigenvalue weighted by atomic mass is 9.93. The van der Waals surface area contributed by atoms with Crippen LogP contribution in [0.5, 0.6) is 0 Å². The zero-order chi connectivity index (χ0) is 12.3. The fraction of sp³-hybridized carbons (Fsp3) is 0.615. The Morgan fingerprint density at radius 2 is 2.47 bits per heavy atom. The normalized spacial score (nSPS) is 26.5. The van der Waals surface area contributed by atoms with Crippen LogP contribution in [0.3, 0.4) is 0 Å². The summed E-state index contributed by atoms with van der Waals surface area (Å²) in [4.78, 5) is 12.1. The van der Waals surface area contributed by atoms with E-state index in [1.165, 1.54) is 12.0 Å². The lowest BCUT2D eigenvalue weighted by molar-refractivity contribution is -0.124. The van der Waals surface area contributed by atoms with E-state index in [0.29, 0.717) is 5.92 Å². The van der Waals surface area contributed by atoms with Gasteiger partial charge in [0.25, 0.3) is 0 Å². The quantitative estimate of drug-likeness (QED) is 0.867. The van der Waals surface area contributed by atoms with Gasteiger partial charge in [0.1, 0.15) is 0 Å². The number of carbonyl (C=O) groups excluding carboxylic acids is 1. The van der Waals surface area contributed by atoms with Crippen LogP contribution in [0.15, 0.2) is 16.8 Å². The largest absolute Gasteiger partial charge is 0.348 e. The third kappa shape index (κ3) is 3.30. The van der Waals surface area contributed by atoms with Gasteiger partial charge >= 0.3 is 0 Å². The highest BCUT2D eigenvalue weighted by Gasteiger charge is 2.25. The van der Waals surface area contributed by atoms with E-state index >= 15 is 0 Å². The summed E-state index contributed by atoms with van der Waals surface area (Å²) in [6.45, 7) is 5.20. The van der Waals surface area contributed by atoms with E-state index in [2.05, 4.69) is 29.0 Å². The Balaban J connectivity index is 1.88. The Morgan fingerprint density at radius 1 is 1.65 bits per heavy atom. The second kappa shape index (κ2) is 5.65. The fourth-order valence-corrected chi connectivity index (χ4v) is 2.98. The molecule has 0 aliphatic carbocycles. The summed E-state index contributed by atoms with van der Waals surface area (Å²) < 4.78 is 0. The Kier molecular flexibility index (Phi) is 4.18. The number of amides is 1. The van der Waals surface area contributed by atoms with Crippen molar-refractivity contribution >= 4 is 17.2 Å². The smallest absolute Gasteiger partial charge is 0.237 e. The number of hydrogen-bond acceptors (Lipinski definition) is 3. The van der Waals surface area contributed by atoms with Gasteiger partial charge in [-0.1, -0.05) is 6.92 Å². The van der Waals surface area contributed by atoms with Gasteiger partial charge in [0, 0.05) is 0 Å². The Bertz CT molecular complexity index is 364. The second-order valence-corrected chi connectivity index (χ2v) is 5.70. The zero-order valence-electron chi connectivity index (χ0n) is 10.4. The van der Waals surface area contributed by atoms with E-state index < -0.39 is 0 Å². The molecule has 0 radical (unpaired) electrons. The van der Waals surface area contributed by atoms with Gasteiger partial charge in [0.15, 0.2) is 0 Å². The third-order valence-corrected chi connectivity index (χ3v) is 4.09. The van der Waals surface area contributed by atoms with Crippen molar-refractivity contribution in [2.24, 2.45) is 5.92 Å². The average Bonchev–Trinajstić information content (AvgIpc) is 2.82. The Labute approximate surface area is 107 Å². The van der Waals surface area contributed by atoms with Gasteiger partial charge in [-0.25, -0.2) is 0 Å². The molecule has 1 aliphatic heterocycles. The molecule has 0 saturated carbocycles. The minimum Gasteiger partial charge on any atom is -0.348 e. The van der Waals surface area contributed by atoms with Crippen molar-refractivity contribution in [1.29, 1.82) is 0 Å². The molecule has 1 aliphatic rings. The van der Waals surface area contributed by atoms with Crippen LogP contribution in [-0.2, 0) is 4.79 Å². The van der Waals surface area contributed by atoms with Crippen LogP contribution < -0.4 is 10.6 Å². The molecule has 4 heteroatoms. The van der Waals surface area contributed by atoms with Crippen LogP contribution in [0.4, 0.5) is 0 Å². The van der Waals surface area contributed by atoms with E-state index in [-0.39, 0.29) is 18.0 Å². The summed E-state index contributed by atoms with van der Waals surface area (Å²) >= 11 is 1.66. The molecule has 0 spiro atoms. The number of hydrogen-bond donors (Lipinski definition) is 2. The SMILES string of the molecule is CC1CCNC(C(=O)NC(C)c2ccsc2)C1. The monoisotopic (exact) mass is 252 g/mol. The maximum atomic E-state index is 12.1. The summed E-state index contributed by atoms with van der Waals surface area (Å²) in [6, 6.07) is 2.15. The van der Waals surface area contributed by atoms with Gasteiger partial charge < -0.3 is 10.6 Å². The lowest BCUT2D eigenvalue weighted by Crippen LogP contribution is -2.48. The number of carbonyl (C=O) groups is 1. The van der Waals surface area contributed by atoms with E-state index in [0.717, 1.165) is 13.0 Å². The predicted octanol–water partition coefficient (Wildman–Crippen LogP) is 2.31. The van der Waals surface area contributed by atoms with Crippen molar-refractivity contribution in [2.45, 2.75) is 38.8 Å². The summed E-state index contributed by atoms with van der Waals surface area (Å²) in [6.07, 6.45) is 2.12. The lowest BCUT2D eigenvalue weighted by Gasteiger charge is -2.28. The average molecular weight is 252 g/mol. The number of piperidine rings is 1. The highest BCUT2D eigenvalue weighted by Crippen LogP contribution is 2.18. The highest BCUT2D eigenvalue weighted by atomic mass is 32.1. The number of nitrogens with one attached hydrogen (secondary N) is 2. The van der Waals surface area contributed by atoms with E-state index in [9.17, 15) is 4.79 Å². The molecule has 2 N–H and O–H groups in total. The van der Waals surface area contributed by atoms with Crippen molar-refractivity contribution in [3.05, 3.63) is 22.4 Å². The first kappa shape index (κ1) is 12.6. The molecular weight excluding hydrogens is 232 g/mol. The first-order valence-corrected chi connectivity index (χ1v) is 7.17. The standard InChI is InChI=1S/C13H20N2OS/c1-9-3-5-14-12(7-9)13(16)15-10(2)11-4-6-17-8-11/h4,6,8-10,12,14H,3,5,7H2,1-2H3,(H,15,16). The van der Waals surface area contributed by atoms with Crippen molar-refractivity contribution < 1.29 is 4.79 Å². The Hall–Kier alpha value is -0.870. The van der Waals surface area contributed by atoms with Crippen LogP contribution in [0.1, 0.15) is 38.3 Å². The van der Waals surface area contributed by atoms with Gasteiger partial charge in [0.2, 0.25) is 5.91 Å². The Morgan fingerprint density at radius 3 is 3.12 bits per heavy atom. The van der Waals surface area contributed by atoms with Crippen molar-refractivity contribution in [1.82, 2.24) is 10.6 Å². The molecule has 0 aromatic carbocycles. The van der Waals surface area contributed by atoms with Gasteiger partial charge in [-0.3, -0.25) is 4.79 Å². The van der Waals surface area contributed by atoms with Gasteiger partial charge in [0.05, 0.1) is 12.1 Å². The van der Waals surface area contributed by atoms with Crippen LogP contribution in [-0.4, -0.2) is 18.5 Å². The fourth-order valence-electron chi connectivity index (χ4n) is 2.23. The molecule has 1 aromatic rings. The highest BCUT2D eigenvalue weighted by molar-refractivity contribution is 7.07. The number of rotatable bonds is 3. The summed E-state index contributed by atoms with van der Waals surface area (Å²) in [7, 11) is 0. The van der Waals surface area contributed by atoms with E-state index in [4.69, 9.17) is 0 Å². The maximum Gasteiger partial charge on any atom is 0.237 e. The predicted molar refractivity (Wildman–Crippen MR) is 71.1 cm³/mol. The van der Waals surface area contributed by atoms with Crippen LogP contribution in [0.25, 0.3) is 0 Å². The summed E-state index contributed by atoms with van der Waals surface area (Å²) in [5.41, 5.74) is 1.19. The third-order valence-electron chi connectivity index (χ3n) is 3.38. The van der Waals surface area contributed by atoms with Crippen LogP contribution >= 0.6 is 11.3 Å². The van der Waals surface area contributed by atoms with E-state index in [1.54, 1.807) is 11.3 Å². The molecule has 1 aromatic heterocycles. The molecule has 1 amide bonds. The molecule has 1 saturated heterocycles. The zero-order valence-corrected chi connectivity index (χ0v) is 11.2. The molecule has 3 nitrogen and oxygen atoms in total. The second-order valence-electron chi connectivity index (χ2n) is 4.92. The first-order valence-electron chi connectivity index (χ1n) is 6.22. The molecule has 3 atom stereocenters. The topological polar surface area (TPSA) is 41.1 Å². The summed E-state index contributed by atoms with van der Waals surface area (Å²) in [5.74, 6) is 0.777. The molecule has 3 unspecified atom stereocenters. The van der Waals surface area contributed by atoms with Crippen molar-refractivity contribution in [3.8, 4) is 0 Å². The van der Waals surface area contributed by atoms with Crippen LogP contribution in [0.2, 0.25) is 0 Å².